The van der Waals surface area contributed by atoms with Gasteiger partial charge in [0.05, 0.1) is 0 Å². The maximum Gasteiger partial charge on any atom is 0.274 e. The van der Waals surface area contributed by atoms with E-state index in [0.29, 0.717) is 46.9 Å². The summed E-state index contributed by atoms with van der Waals surface area (Å²) in [6, 6.07) is 15.1. The van der Waals surface area contributed by atoms with Crippen LogP contribution in [-0.2, 0) is 4.79 Å². The number of aromatic nitrogens is 3. The number of carbonyl (C=O) groups excluding carboxylic acids is 2. The fourth-order valence-electron chi connectivity index (χ4n) is 4.58. The van der Waals surface area contributed by atoms with Crippen LogP contribution in [0.4, 0.5) is 5.69 Å². The fourth-order valence-corrected chi connectivity index (χ4v) is 4.73. The molecule has 1 saturated heterocycles. The Hall–Kier alpha value is -3.91. The van der Waals surface area contributed by atoms with Crippen LogP contribution in [-0.4, -0.2) is 49.8 Å². The van der Waals surface area contributed by atoms with Gasteiger partial charge in [-0.25, -0.2) is 9.97 Å². The second-order valence-electron chi connectivity index (χ2n) is 10.2. The van der Waals surface area contributed by atoms with Crippen LogP contribution in [0.2, 0.25) is 5.02 Å². The lowest BCUT2D eigenvalue weighted by Crippen LogP contribution is -2.42. The van der Waals surface area contributed by atoms with Gasteiger partial charge < -0.3 is 19.4 Å². The van der Waals surface area contributed by atoms with E-state index in [9.17, 15) is 9.59 Å². The van der Waals surface area contributed by atoms with E-state index in [1.54, 1.807) is 55.0 Å². The lowest BCUT2D eigenvalue weighted by molar-refractivity contribution is -0.128. The van der Waals surface area contributed by atoms with Crippen molar-refractivity contribution in [1.82, 2.24) is 19.3 Å². The predicted octanol–water partition coefficient (Wildman–Crippen LogP) is 5.51. The van der Waals surface area contributed by atoms with E-state index < -0.39 is 5.60 Å². The lowest BCUT2D eigenvalue weighted by atomic mass is 9.89. The molecule has 5 rings (SSSR count). The van der Waals surface area contributed by atoms with Crippen molar-refractivity contribution in [2.75, 3.05) is 18.4 Å². The van der Waals surface area contributed by atoms with Gasteiger partial charge in [-0.2, -0.15) is 0 Å². The van der Waals surface area contributed by atoms with Crippen molar-refractivity contribution in [3.63, 3.8) is 0 Å². The van der Waals surface area contributed by atoms with Gasteiger partial charge in [0.1, 0.15) is 11.3 Å². The van der Waals surface area contributed by atoms with Crippen molar-refractivity contribution in [3.05, 3.63) is 89.0 Å². The Morgan fingerprint density at radius 3 is 2.50 bits per heavy atom. The van der Waals surface area contributed by atoms with Crippen LogP contribution >= 0.6 is 11.6 Å². The van der Waals surface area contributed by atoms with Crippen molar-refractivity contribution in [2.45, 2.75) is 45.1 Å². The number of likely N-dealkylation sites (tertiary alicyclic amines) is 1. The van der Waals surface area contributed by atoms with Crippen molar-refractivity contribution in [1.29, 1.82) is 0 Å². The normalized spacial score (nSPS) is 14.5. The molecule has 3 aromatic heterocycles. The number of fused-ring (bicyclic) bond motifs is 1. The molecule has 1 N–H and O–H groups in total. The molecule has 1 fully saturated rings. The van der Waals surface area contributed by atoms with Gasteiger partial charge in [0.15, 0.2) is 5.60 Å². The third-order valence-corrected chi connectivity index (χ3v) is 7.09. The molecule has 0 radical (unpaired) electrons. The first kappa shape index (κ1) is 25.7. The molecule has 1 aliphatic rings. The largest absolute Gasteiger partial charge is 0.462 e. The summed E-state index contributed by atoms with van der Waals surface area (Å²) in [4.78, 5) is 36.4. The van der Waals surface area contributed by atoms with Crippen LogP contribution in [0.15, 0.2) is 67.1 Å². The molecule has 0 aliphatic carbocycles. The molecule has 38 heavy (non-hydrogen) atoms. The standard InChI is InChI=1S/C29H30ClN5O3/c1-19-4-9-26(31-17-19)38-29(2,3)28(37)32-23-7-5-20(6-8-23)21-10-13-34(14-11-21)27(36)24-18-35-15-12-22(30)16-25(35)33-24/h4-9,12,15-18,21H,10-11,13-14H2,1-3H3,(H,32,37). The molecule has 8 nitrogen and oxygen atoms in total. The second-order valence-corrected chi connectivity index (χ2v) is 10.6. The Kier molecular flexibility index (Phi) is 7.08. The highest BCUT2D eigenvalue weighted by Crippen LogP contribution is 2.30. The smallest absolute Gasteiger partial charge is 0.274 e. The molecule has 4 heterocycles. The molecule has 0 atom stereocenters. The monoisotopic (exact) mass is 531 g/mol. The van der Waals surface area contributed by atoms with Gasteiger partial charge in [0.25, 0.3) is 11.8 Å². The minimum absolute atomic E-state index is 0.0630. The summed E-state index contributed by atoms with van der Waals surface area (Å²) in [6.07, 6.45) is 6.98. The van der Waals surface area contributed by atoms with Crippen LogP contribution in [0.3, 0.4) is 0 Å². The first-order valence-corrected chi connectivity index (χ1v) is 13.0. The molecule has 1 aliphatic heterocycles. The van der Waals surface area contributed by atoms with E-state index in [1.807, 2.05) is 42.2 Å². The molecular formula is C29H30ClN5O3. The summed E-state index contributed by atoms with van der Waals surface area (Å²) in [5.74, 6) is 0.429. The van der Waals surface area contributed by atoms with Crippen molar-refractivity contribution in [2.24, 2.45) is 0 Å². The minimum atomic E-state index is -1.09. The highest BCUT2D eigenvalue weighted by atomic mass is 35.5. The summed E-state index contributed by atoms with van der Waals surface area (Å²) < 4.78 is 7.63. The van der Waals surface area contributed by atoms with Crippen molar-refractivity contribution in [3.8, 4) is 5.88 Å². The summed E-state index contributed by atoms with van der Waals surface area (Å²) >= 11 is 6.04. The molecular weight excluding hydrogens is 502 g/mol. The second kappa shape index (κ2) is 10.5. The summed E-state index contributed by atoms with van der Waals surface area (Å²) in [6.45, 7) is 6.70. The highest BCUT2D eigenvalue weighted by Gasteiger charge is 2.31. The number of halogens is 1. The fraction of sp³-hybridized carbons (Fsp3) is 0.310. The molecule has 0 unspecified atom stereocenters. The average Bonchev–Trinajstić information content (AvgIpc) is 3.33. The third-order valence-electron chi connectivity index (χ3n) is 6.85. The number of imidazole rings is 1. The predicted molar refractivity (Wildman–Crippen MR) is 147 cm³/mol. The molecule has 1 aromatic carbocycles. The van der Waals surface area contributed by atoms with Gasteiger partial charge in [0, 0.05) is 54.5 Å². The number of hydrogen-bond acceptors (Lipinski definition) is 5. The number of pyridine rings is 2. The lowest BCUT2D eigenvalue weighted by Gasteiger charge is -2.32. The molecule has 0 bridgehead atoms. The molecule has 4 aromatic rings. The Labute approximate surface area is 226 Å². The quantitative estimate of drug-likeness (QED) is 0.354. The number of piperidine rings is 1. The number of rotatable bonds is 6. The number of amides is 2. The number of nitrogens with zero attached hydrogens (tertiary/aromatic N) is 4. The highest BCUT2D eigenvalue weighted by molar-refractivity contribution is 6.30. The molecule has 2 amide bonds. The Bertz CT molecular complexity index is 1460. The van der Waals surface area contributed by atoms with Crippen molar-refractivity contribution >= 4 is 34.7 Å². The van der Waals surface area contributed by atoms with Crippen LogP contribution in [0.5, 0.6) is 5.88 Å². The molecule has 9 heteroatoms. The number of hydrogen-bond donors (Lipinski definition) is 1. The zero-order chi connectivity index (χ0) is 26.9. The van der Waals surface area contributed by atoms with E-state index in [-0.39, 0.29) is 11.8 Å². The van der Waals surface area contributed by atoms with Gasteiger partial charge in [-0.1, -0.05) is 29.8 Å². The van der Waals surface area contributed by atoms with Gasteiger partial charge in [-0.3, -0.25) is 9.59 Å². The number of carbonyl (C=O) groups is 2. The van der Waals surface area contributed by atoms with Gasteiger partial charge in [0.2, 0.25) is 5.88 Å². The van der Waals surface area contributed by atoms with Gasteiger partial charge in [-0.05, 0) is 68.9 Å². The van der Waals surface area contributed by atoms with Gasteiger partial charge in [-0.15, -0.1) is 0 Å². The van der Waals surface area contributed by atoms with Crippen LogP contribution in [0.25, 0.3) is 5.65 Å². The first-order chi connectivity index (χ1) is 18.2. The van der Waals surface area contributed by atoms with E-state index in [4.69, 9.17) is 16.3 Å². The van der Waals surface area contributed by atoms with Crippen LogP contribution in [0.1, 0.15) is 54.2 Å². The van der Waals surface area contributed by atoms with E-state index in [2.05, 4.69) is 15.3 Å². The van der Waals surface area contributed by atoms with E-state index in [0.717, 1.165) is 18.4 Å². The van der Waals surface area contributed by atoms with Gasteiger partial charge >= 0.3 is 0 Å². The summed E-state index contributed by atoms with van der Waals surface area (Å²) in [5, 5.41) is 3.52. The number of nitrogens with one attached hydrogen (secondary N) is 1. The van der Waals surface area contributed by atoms with E-state index in [1.165, 1.54) is 5.56 Å². The molecule has 0 spiro atoms. The summed E-state index contributed by atoms with van der Waals surface area (Å²) in [5.41, 5.74) is 2.91. The average molecular weight is 532 g/mol. The maximum absolute atomic E-state index is 13.0. The number of aryl methyl sites for hydroxylation is 1. The topological polar surface area (TPSA) is 88.8 Å². The van der Waals surface area contributed by atoms with Crippen LogP contribution in [0, 0.1) is 6.92 Å². The third kappa shape index (κ3) is 5.65. The van der Waals surface area contributed by atoms with E-state index >= 15 is 0 Å². The number of anilines is 1. The maximum atomic E-state index is 13.0. The molecule has 196 valence electrons. The summed E-state index contributed by atoms with van der Waals surface area (Å²) in [7, 11) is 0. The first-order valence-electron chi connectivity index (χ1n) is 12.6. The van der Waals surface area contributed by atoms with Crippen LogP contribution < -0.4 is 10.1 Å². The number of benzene rings is 1. The number of ether oxygens (including phenoxy) is 1. The zero-order valence-electron chi connectivity index (χ0n) is 21.6. The SMILES string of the molecule is Cc1ccc(OC(C)(C)C(=O)Nc2ccc(C3CCN(C(=O)c4cn5ccc(Cl)cc5n4)CC3)cc2)nc1. The zero-order valence-corrected chi connectivity index (χ0v) is 22.4. The Balaban J connectivity index is 1.15. The molecule has 0 saturated carbocycles. The van der Waals surface area contributed by atoms with Crippen molar-refractivity contribution < 1.29 is 14.3 Å². The minimum Gasteiger partial charge on any atom is -0.462 e. The Morgan fingerprint density at radius 1 is 1.08 bits per heavy atom. The Morgan fingerprint density at radius 2 is 1.82 bits per heavy atom.